The van der Waals surface area contributed by atoms with Gasteiger partial charge < -0.3 is 15.5 Å². The fourth-order valence-electron chi connectivity index (χ4n) is 5.07. The number of rotatable bonds is 5. The normalized spacial score (nSPS) is 21.2. The molecule has 5 rings (SSSR count). The number of hydrogen-bond donors (Lipinski definition) is 2. The molecular formula is C25H32N6O2S. The lowest BCUT2D eigenvalue weighted by atomic mass is 10.0. The van der Waals surface area contributed by atoms with Crippen LogP contribution in [-0.4, -0.2) is 83.5 Å². The average molecular weight is 481 g/mol. The van der Waals surface area contributed by atoms with Crippen LogP contribution in [0.2, 0.25) is 0 Å². The molecule has 2 saturated heterocycles. The first-order valence-electron chi connectivity index (χ1n) is 12.2. The summed E-state index contributed by atoms with van der Waals surface area (Å²) in [4.78, 5) is 37.3. The number of benzene rings is 1. The molecule has 3 amide bonds. The van der Waals surface area contributed by atoms with Gasteiger partial charge in [0.2, 0.25) is 0 Å². The Hall–Kier alpha value is -2.62. The molecule has 1 aromatic carbocycles. The number of anilines is 3. The van der Waals surface area contributed by atoms with E-state index >= 15 is 0 Å². The van der Waals surface area contributed by atoms with Gasteiger partial charge in [0.05, 0.1) is 16.9 Å². The van der Waals surface area contributed by atoms with E-state index in [4.69, 9.17) is 0 Å². The van der Waals surface area contributed by atoms with E-state index in [9.17, 15) is 9.59 Å². The van der Waals surface area contributed by atoms with E-state index in [1.54, 1.807) is 36.5 Å². The molecule has 0 aliphatic carbocycles. The van der Waals surface area contributed by atoms with Gasteiger partial charge >= 0.3 is 6.03 Å². The molecule has 1 atom stereocenters. The SMILES string of the molecule is O=C1Nc2cccnc2N(C(=O)NCCN2CCCCC2CN2CCSCC2)c2ccccc21. The molecule has 9 heteroatoms. The summed E-state index contributed by atoms with van der Waals surface area (Å²) in [5, 5.41) is 5.98. The number of thioether (sulfide) groups is 1. The molecule has 2 N–H and O–H groups in total. The highest BCUT2D eigenvalue weighted by Gasteiger charge is 2.30. The summed E-state index contributed by atoms with van der Waals surface area (Å²) in [7, 11) is 0. The lowest BCUT2D eigenvalue weighted by Gasteiger charge is -2.39. The standard InChI is InChI=1S/C25H32N6O2S/c32-24-20-7-1-2-9-22(20)31(23-21(28-24)8-5-10-26-23)25(33)27-11-13-30-12-4-3-6-19(30)18-29-14-16-34-17-15-29/h1-2,5,7-10,19H,3-4,6,11-18H2,(H,27,33)(H,28,32). The Kier molecular flexibility index (Phi) is 7.32. The number of piperidine rings is 1. The number of aromatic nitrogens is 1. The van der Waals surface area contributed by atoms with Gasteiger partial charge in [-0.3, -0.25) is 9.69 Å². The minimum atomic E-state index is -0.273. The molecule has 0 spiro atoms. The first kappa shape index (κ1) is 23.1. The number of carbonyl (C=O) groups is 2. The van der Waals surface area contributed by atoms with Crippen LogP contribution in [0.25, 0.3) is 0 Å². The third-order valence-corrected chi connectivity index (χ3v) is 7.78. The summed E-state index contributed by atoms with van der Waals surface area (Å²) < 4.78 is 0. The lowest BCUT2D eigenvalue weighted by molar-refractivity contribution is 0.102. The molecule has 2 aromatic rings. The van der Waals surface area contributed by atoms with E-state index in [1.165, 1.54) is 48.8 Å². The van der Waals surface area contributed by atoms with Crippen LogP contribution in [0.15, 0.2) is 42.6 Å². The van der Waals surface area contributed by atoms with Crippen LogP contribution >= 0.6 is 11.8 Å². The quantitative estimate of drug-likeness (QED) is 0.683. The van der Waals surface area contributed by atoms with Crippen LogP contribution in [-0.2, 0) is 0 Å². The topological polar surface area (TPSA) is 80.8 Å². The smallest absolute Gasteiger partial charge is 0.327 e. The van der Waals surface area contributed by atoms with Crippen molar-refractivity contribution >= 4 is 40.9 Å². The van der Waals surface area contributed by atoms with Gasteiger partial charge in [-0.25, -0.2) is 14.7 Å². The largest absolute Gasteiger partial charge is 0.336 e. The number of para-hydroxylation sites is 1. The molecule has 1 aromatic heterocycles. The molecule has 3 aliphatic rings. The summed E-state index contributed by atoms with van der Waals surface area (Å²) in [5.74, 6) is 2.64. The Labute approximate surface area is 205 Å². The van der Waals surface area contributed by atoms with Crippen molar-refractivity contribution in [2.24, 2.45) is 0 Å². The van der Waals surface area contributed by atoms with E-state index in [0.717, 1.165) is 19.6 Å². The summed E-state index contributed by atoms with van der Waals surface area (Å²) in [6.07, 6.45) is 5.35. The highest BCUT2D eigenvalue weighted by atomic mass is 32.2. The number of amides is 3. The highest BCUT2D eigenvalue weighted by Crippen LogP contribution is 2.36. The molecule has 0 radical (unpaired) electrons. The minimum absolute atomic E-state index is 0.243. The second kappa shape index (κ2) is 10.8. The third-order valence-electron chi connectivity index (χ3n) is 6.84. The van der Waals surface area contributed by atoms with Crippen LogP contribution in [0.4, 0.5) is 22.0 Å². The molecule has 4 heterocycles. The average Bonchev–Trinajstić information content (AvgIpc) is 2.99. The first-order chi connectivity index (χ1) is 16.7. The molecule has 0 bridgehead atoms. The van der Waals surface area contributed by atoms with Crippen LogP contribution in [0, 0.1) is 0 Å². The van der Waals surface area contributed by atoms with Crippen molar-refractivity contribution in [1.82, 2.24) is 20.1 Å². The van der Waals surface area contributed by atoms with Crippen LogP contribution in [0.5, 0.6) is 0 Å². The summed E-state index contributed by atoms with van der Waals surface area (Å²) in [6, 6.07) is 11.0. The van der Waals surface area contributed by atoms with Crippen molar-refractivity contribution in [1.29, 1.82) is 0 Å². The second-order valence-electron chi connectivity index (χ2n) is 9.01. The maximum atomic E-state index is 13.4. The zero-order chi connectivity index (χ0) is 23.3. The van der Waals surface area contributed by atoms with Crippen molar-refractivity contribution < 1.29 is 9.59 Å². The number of urea groups is 1. The molecule has 0 saturated carbocycles. The summed E-state index contributed by atoms with van der Waals surface area (Å²) >= 11 is 2.05. The zero-order valence-electron chi connectivity index (χ0n) is 19.4. The predicted octanol–water partition coefficient (Wildman–Crippen LogP) is 3.40. The van der Waals surface area contributed by atoms with Gasteiger partial charge in [0.1, 0.15) is 0 Å². The lowest BCUT2D eigenvalue weighted by Crippen LogP contribution is -2.51. The number of hydrogen-bond acceptors (Lipinski definition) is 6. The van der Waals surface area contributed by atoms with Crippen molar-refractivity contribution in [2.45, 2.75) is 25.3 Å². The second-order valence-corrected chi connectivity index (χ2v) is 10.2. The monoisotopic (exact) mass is 480 g/mol. The molecule has 2 fully saturated rings. The molecular weight excluding hydrogens is 448 g/mol. The van der Waals surface area contributed by atoms with Crippen LogP contribution in [0.3, 0.4) is 0 Å². The van der Waals surface area contributed by atoms with Crippen molar-refractivity contribution in [3.8, 4) is 0 Å². The van der Waals surface area contributed by atoms with Gasteiger partial charge in [0.25, 0.3) is 5.91 Å². The summed E-state index contributed by atoms with van der Waals surface area (Å²) in [5.41, 5.74) is 1.51. The molecule has 1 unspecified atom stereocenters. The Morgan fingerprint density at radius 2 is 1.97 bits per heavy atom. The van der Waals surface area contributed by atoms with Crippen molar-refractivity contribution in [3.63, 3.8) is 0 Å². The van der Waals surface area contributed by atoms with E-state index in [2.05, 4.69) is 25.4 Å². The molecule has 34 heavy (non-hydrogen) atoms. The van der Waals surface area contributed by atoms with Gasteiger partial charge in [-0.15, -0.1) is 0 Å². The van der Waals surface area contributed by atoms with E-state index in [1.807, 2.05) is 17.8 Å². The predicted molar refractivity (Wildman–Crippen MR) is 137 cm³/mol. The summed E-state index contributed by atoms with van der Waals surface area (Å²) in [6.45, 7) is 5.93. The van der Waals surface area contributed by atoms with Gasteiger partial charge in [-0.2, -0.15) is 11.8 Å². The molecule has 180 valence electrons. The Morgan fingerprint density at radius 3 is 2.85 bits per heavy atom. The fraction of sp³-hybridized carbons (Fsp3) is 0.480. The van der Waals surface area contributed by atoms with Gasteiger partial charge in [0.15, 0.2) is 5.82 Å². The number of carbonyl (C=O) groups excluding carboxylic acids is 2. The zero-order valence-corrected chi connectivity index (χ0v) is 20.2. The van der Waals surface area contributed by atoms with E-state index < -0.39 is 0 Å². The number of fused-ring (bicyclic) bond motifs is 2. The highest BCUT2D eigenvalue weighted by molar-refractivity contribution is 7.99. The Bertz CT molecular complexity index is 1030. The maximum Gasteiger partial charge on any atom is 0.327 e. The number of nitrogens with one attached hydrogen (secondary N) is 2. The number of pyridine rings is 1. The number of likely N-dealkylation sites (tertiary alicyclic amines) is 1. The molecule has 8 nitrogen and oxygen atoms in total. The Balaban J connectivity index is 1.27. The van der Waals surface area contributed by atoms with E-state index in [0.29, 0.717) is 35.3 Å². The van der Waals surface area contributed by atoms with Gasteiger partial charge in [-0.1, -0.05) is 18.6 Å². The minimum Gasteiger partial charge on any atom is -0.336 e. The first-order valence-corrected chi connectivity index (χ1v) is 13.3. The van der Waals surface area contributed by atoms with Crippen LogP contribution < -0.4 is 15.5 Å². The van der Waals surface area contributed by atoms with Crippen molar-refractivity contribution in [3.05, 3.63) is 48.2 Å². The molecule has 3 aliphatic heterocycles. The van der Waals surface area contributed by atoms with Crippen molar-refractivity contribution in [2.75, 3.05) is 61.0 Å². The van der Waals surface area contributed by atoms with Crippen LogP contribution in [0.1, 0.15) is 29.6 Å². The number of nitrogens with zero attached hydrogens (tertiary/aromatic N) is 4. The van der Waals surface area contributed by atoms with Gasteiger partial charge in [-0.05, 0) is 43.7 Å². The maximum absolute atomic E-state index is 13.4. The third kappa shape index (κ3) is 5.06. The fourth-order valence-corrected chi connectivity index (χ4v) is 6.05. The Morgan fingerprint density at radius 1 is 1.12 bits per heavy atom. The van der Waals surface area contributed by atoms with Gasteiger partial charge in [0, 0.05) is 56.5 Å². The van der Waals surface area contributed by atoms with E-state index in [-0.39, 0.29) is 11.9 Å².